The molecule has 0 saturated heterocycles. The predicted octanol–water partition coefficient (Wildman–Crippen LogP) is 3.71. The molecule has 1 aromatic carbocycles. The lowest BCUT2D eigenvalue weighted by Gasteiger charge is -2.22. The molecule has 2 rings (SSSR count). The van der Waals surface area contributed by atoms with E-state index in [-0.39, 0.29) is 10.8 Å². The molecular weight excluding hydrogens is 344 g/mol. The molecule has 1 amide bonds. The molecule has 0 spiro atoms. The highest BCUT2D eigenvalue weighted by Crippen LogP contribution is 2.33. The Labute approximate surface area is 149 Å². The Balaban J connectivity index is 2.31. The Morgan fingerprint density at radius 3 is 2.46 bits per heavy atom. The highest BCUT2D eigenvalue weighted by Gasteiger charge is 2.25. The topological polar surface area (TPSA) is 66.5 Å². The van der Waals surface area contributed by atoms with Crippen LogP contribution in [0.4, 0.5) is 5.69 Å². The number of nitrogens with one attached hydrogen (secondary N) is 1. The van der Waals surface area contributed by atoms with Gasteiger partial charge in [-0.15, -0.1) is 11.8 Å². The first kappa shape index (κ1) is 19.3. The fraction of sp³-hybridized carbons (Fsp3) is 0.588. The van der Waals surface area contributed by atoms with Gasteiger partial charge in [0.25, 0.3) is 0 Å². The molecular formula is C17H26N2O3S2. The number of nitrogens with zero attached hydrogens (tertiary/aromatic N) is 1. The highest BCUT2D eigenvalue weighted by molar-refractivity contribution is 7.99. The van der Waals surface area contributed by atoms with Gasteiger partial charge in [-0.1, -0.05) is 26.7 Å². The van der Waals surface area contributed by atoms with E-state index in [9.17, 15) is 13.2 Å². The zero-order valence-electron chi connectivity index (χ0n) is 14.4. The maximum atomic E-state index is 13.0. The first-order chi connectivity index (χ1) is 11.5. The van der Waals surface area contributed by atoms with Crippen LogP contribution >= 0.6 is 11.8 Å². The van der Waals surface area contributed by atoms with Crippen LogP contribution in [0, 0.1) is 0 Å². The van der Waals surface area contributed by atoms with Gasteiger partial charge < -0.3 is 5.32 Å². The summed E-state index contributed by atoms with van der Waals surface area (Å²) in [5, 5.41) is 2.82. The number of thioether (sulfide) groups is 1. The van der Waals surface area contributed by atoms with Gasteiger partial charge in [0.1, 0.15) is 0 Å². The zero-order valence-corrected chi connectivity index (χ0v) is 16.0. The smallest absolute Gasteiger partial charge is 0.243 e. The van der Waals surface area contributed by atoms with Crippen molar-refractivity contribution in [2.45, 2.75) is 55.7 Å². The first-order valence-electron chi connectivity index (χ1n) is 8.56. The average Bonchev–Trinajstić information content (AvgIpc) is 2.74. The van der Waals surface area contributed by atoms with E-state index in [1.54, 1.807) is 34.3 Å². The monoisotopic (exact) mass is 370 g/mol. The van der Waals surface area contributed by atoms with Gasteiger partial charge in [-0.05, 0) is 31.0 Å². The van der Waals surface area contributed by atoms with Gasteiger partial charge in [0.05, 0.1) is 10.6 Å². The zero-order chi connectivity index (χ0) is 17.6. The molecule has 7 heteroatoms. The minimum atomic E-state index is -3.54. The molecule has 0 saturated carbocycles. The predicted molar refractivity (Wildman–Crippen MR) is 99.0 cm³/mol. The van der Waals surface area contributed by atoms with E-state index < -0.39 is 10.0 Å². The lowest BCUT2D eigenvalue weighted by atomic mass is 10.3. The van der Waals surface area contributed by atoms with Gasteiger partial charge in [0.2, 0.25) is 15.9 Å². The summed E-state index contributed by atoms with van der Waals surface area (Å²) < 4.78 is 27.6. The van der Waals surface area contributed by atoms with Crippen molar-refractivity contribution in [3.63, 3.8) is 0 Å². The van der Waals surface area contributed by atoms with Crippen molar-refractivity contribution < 1.29 is 13.2 Å². The lowest BCUT2D eigenvalue weighted by Crippen LogP contribution is -2.33. The van der Waals surface area contributed by atoms with Gasteiger partial charge in [-0.3, -0.25) is 4.79 Å². The van der Waals surface area contributed by atoms with Gasteiger partial charge >= 0.3 is 0 Å². The highest BCUT2D eigenvalue weighted by atomic mass is 32.2. The Morgan fingerprint density at radius 2 is 1.83 bits per heavy atom. The minimum Gasteiger partial charge on any atom is -0.325 e. The van der Waals surface area contributed by atoms with Crippen molar-refractivity contribution in [1.82, 2.24) is 4.31 Å². The number of sulfonamides is 1. The van der Waals surface area contributed by atoms with Crippen molar-refractivity contribution in [2.75, 3.05) is 24.2 Å². The van der Waals surface area contributed by atoms with Crippen LogP contribution < -0.4 is 5.32 Å². The Bertz CT molecular complexity index is 666. The van der Waals surface area contributed by atoms with E-state index in [1.807, 2.05) is 0 Å². The molecule has 1 aliphatic rings. The van der Waals surface area contributed by atoms with Crippen LogP contribution in [0.1, 0.15) is 46.0 Å². The van der Waals surface area contributed by atoms with Gasteiger partial charge in [0.15, 0.2) is 0 Å². The minimum absolute atomic E-state index is 0.0652. The summed E-state index contributed by atoms with van der Waals surface area (Å²) in [6.45, 7) is 5.19. The number of anilines is 1. The molecule has 1 aromatic rings. The van der Waals surface area contributed by atoms with Gasteiger partial charge in [-0.2, -0.15) is 4.31 Å². The molecule has 1 heterocycles. The summed E-state index contributed by atoms with van der Waals surface area (Å²) >= 11 is 1.58. The third kappa shape index (κ3) is 4.74. The summed E-state index contributed by atoms with van der Waals surface area (Å²) in [6.07, 6.45) is 4.05. The Kier molecular flexibility index (Phi) is 7.13. The van der Waals surface area contributed by atoms with Crippen LogP contribution in [0.5, 0.6) is 0 Å². The third-order valence-corrected chi connectivity index (χ3v) is 6.94. The summed E-state index contributed by atoms with van der Waals surface area (Å²) in [5.41, 5.74) is 0.606. The van der Waals surface area contributed by atoms with Crippen molar-refractivity contribution >= 4 is 33.4 Å². The molecule has 1 aliphatic heterocycles. The van der Waals surface area contributed by atoms with Crippen molar-refractivity contribution in [1.29, 1.82) is 0 Å². The molecule has 24 heavy (non-hydrogen) atoms. The van der Waals surface area contributed by atoms with Crippen LogP contribution in [-0.4, -0.2) is 37.5 Å². The Morgan fingerprint density at radius 1 is 1.17 bits per heavy atom. The number of carbonyl (C=O) groups excluding carboxylic acids is 1. The SMILES string of the molecule is CCCCN(CCCC)S(=O)(=O)c1ccc2c(c1)NC(=O)CCS2. The van der Waals surface area contributed by atoms with Crippen LogP contribution in [0.2, 0.25) is 0 Å². The second-order valence-electron chi connectivity index (χ2n) is 5.92. The maximum absolute atomic E-state index is 13.0. The summed E-state index contributed by atoms with van der Waals surface area (Å²) in [5.74, 6) is 0.647. The van der Waals surface area contributed by atoms with Gasteiger partial charge in [0, 0.05) is 30.2 Å². The maximum Gasteiger partial charge on any atom is 0.243 e. The number of rotatable bonds is 8. The molecule has 5 nitrogen and oxygen atoms in total. The van der Waals surface area contributed by atoms with E-state index in [0.29, 0.717) is 31.0 Å². The fourth-order valence-corrected chi connectivity index (χ4v) is 5.01. The number of carbonyl (C=O) groups is 1. The molecule has 0 atom stereocenters. The van der Waals surface area contributed by atoms with Crippen LogP contribution in [-0.2, 0) is 14.8 Å². The number of hydrogen-bond acceptors (Lipinski definition) is 4. The number of benzene rings is 1. The molecule has 134 valence electrons. The molecule has 0 fully saturated rings. The van der Waals surface area contributed by atoms with Crippen LogP contribution in [0.15, 0.2) is 28.0 Å². The van der Waals surface area contributed by atoms with Gasteiger partial charge in [-0.25, -0.2) is 8.42 Å². The lowest BCUT2D eigenvalue weighted by molar-refractivity contribution is -0.115. The van der Waals surface area contributed by atoms with Crippen molar-refractivity contribution in [3.8, 4) is 0 Å². The van der Waals surface area contributed by atoms with Crippen molar-refractivity contribution in [2.24, 2.45) is 0 Å². The molecule has 0 bridgehead atoms. The molecule has 0 radical (unpaired) electrons. The fourth-order valence-electron chi connectivity index (χ4n) is 2.53. The molecule has 1 N–H and O–H groups in total. The number of hydrogen-bond donors (Lipinski definition) is 1. The quantitative estimate of drug-likeness (QED) is 0.757. The molecule has 0 aliphatic carbocycles. The first-order valence-corrected chi connectivity index (χ1v) is 11.0. The standard InChI is InChI=1S/C17H26N2O3S2/c1-3-5-10-19(11-6-4-2)24(21,22)14-7-8-16-15(13-14)18-17(20)9-12-23-16/h7-8,13H,3-6,9-12H2,1-2H3,(H,18,20). The van der Waals surface area contributed by atoms with E-state index >= 15 is 0 Å². The normalized spacial score (nSPS) is 15.0. The largest absolute Gasteiger partial charge is 0.325 e. The number of unbranched alkanes of at least 4 members (excludes halogenated alkanes) is 2. The van der Waals surface area contributed by atoms with Crippen LogP contribution in [0.3, 0.4) is 0 Å². The Hall–Kier alpha value is -1.05. The molecule has 0 aromatic heterocycles. The second kappa shape index (κ2) is 8.87. The second-order valence-corrected chi connectivity index (χ2v) is 8.99. The van der Waals surface area contributed by atoms with Crippen molar-refractivity contribution in [3.05, 3.63) is 18.2 Å². The van der Waals surface area contributed by atoms with Crippen LogP contribution in [0.25, 0.3) is 0 Å². The summed E-state index contributed by atoms with van der Waals surface area (Å²) in [6, 6.07) is 5.06. The van der Waals surface area contributed by atoms with E-state index in [4.69, 9.17) is 0 Å². The average molecular weight is 371 g/mol. The molecule has 0 unspecified atom stereocenters. The third-order valence-electron chi connectivity index (χ3n) is 3.97. The van der Waals surface area contributed by atoms with E-state index in [0.717, 1.165) is 30.6 Å². The van der Waals surface area contributed by atoms with E-state index in [2.05, 4.69) is 19.2 Å². The summed E-state index contributed by atoms with van der Waals surface area (Å²) in [7, 11) is -3.54. The number of amides is 1. The summed E-state index contributed by atoms with van der Waals surface area (Å²) in [4.78, 5) is 12.9. The van der Waals surface area contributed by atoms with E-state index in [1.165, 1.54) is 0 Å². The number of fused-ring (bicyclic) bond motifs is 1.